The summed E-state index contributed by atoms with van der Waals surface area (Å²) >= 11 is 0. The Balaban J connectivity index is 1.44. The molecule has 198 valence electrons. The number of amides is 1. The second-order valence-electron chi connectivity index (χ2n) is 9.04. The fraction of sp³-hybridized carbons (Fsp3) is 0.565. The van der Waals surface area contributed by atoms with Gasteiger partial charge >= 0.3 is 5.97 Å². The van der Waals surface area contributed by atoms with Gasteiger partial charge in [-0.1, -0.05) is 22.9 Å². The molecule has 0 aromatic heterocycles. The Bertz CT molecular complexity index is 1130. The van der Waals surface area contributed by atoms with Crippen LogP contribution in [0, 0.1) is 20.8 Å². The predicted octanol–water partition coefficient (Wildman–Crippen LogP) is 0.324. The van der Waals surface area contributed by atoms with E-state index in [-0.39, 0.29) is 17.4 Å². The van der Waals surface area contributed by atoms with Crippen LogP contribution in [0.25, 0.3) is 0 Å². The molecule has 13 heteroatoms. The van der Waals surface area contributed by atoms with Crippen molar-refractivity contribution in [2.75, 3.05) is 26.2 Å². The number of benzene rings is 1. The SMILES string of the molecule is Cc1cc(C)c(S(=O)(=O)NC(CNC(=O)CC2=NOC(CCCNC3=NCCN3)C2)C(=O)O)c(C)c1. The van der Waals surface area contributed by atoms with Crippen LogP contribution in [0.2, 0.25) is 0 Å². The fourth-order valence-corrected chi connectivity index (χ4v) is 5.92. The maximum atomic E-state index is 12.9. The molecule has 1 aromatic carbocycles. The van der Waals surface area contributed by atoms with Crippen LogP contribution in [0.15, 0.2) is 27.2 Å². The molecule has 0 fully saturated rings. The molecule has 3 rings (SSSR count). The lowest BCUT2D eigenvalue weighted by molar-refractivity contribution is -0.138. The monoisotopic (exact) mass is 522 g/mol. The number of aryl methyl sites for hydroxylation is 3. The molecule has 0 spiro atoms. The lowest BCUT2D eigenvalue weighted by Crippen LogP contribution is -2.48. The molecule has 2 atom stereocenters. The first-order valence-electron chi connectivity index (χ1n) is 11.9. The van der Waals surface area contributed by atoms with Gasteiger partial charge in [-0.2, -0.15) is 4.72 Å². The molecule has 2 unspecified atom stereocenters. The summed E-state index contributed by atoms with van der Waals surface area (Å²) in [7, 11) is -4.12. The number of carboxylic acids is 1. The third-order valence-corrected chi connectivity index (χ3v) is 7.58. The van der Waals surface area contributed by atoms with E-state index in [0.717, 1.165) is 44.0 Å². The van der Waals surface area contributed by atoms with Crippen molar-refractivity contribution in [3.8, 4) is 0 Å². The van der Waals surface area contributed by atoms with Gasteiger partial charge in [0.2, 0.25) is 15.9 Å². The number of carboxylic acid groups (broad SMARTS) is 1. The van der Waals surface area contributed by atoms with Crippen molar-refractivity contribution in [2.24, 2.45) is 10.1 Å². The van der Waals surface area contributed by atoms with Gasteiger partial charge in [0.05, 0.1) is 23.6 Å². The van der Waals surface area contributed by atoms with E-state index in [1.54, 1.807) is 26.0 Å². The van der Waals surface area contributed by atoms with Gasteiger partial charge < -0.3 is 25.9 Å². The molecule has 1 aromatic rings. The number of aliphatic imine (C=N–C) groups is 1. The molecule has 2 aliphatic heterocycles. The van der Waals surface area contributed by atoms with E-state index in [4.69, 9.17) is 4.84 Å². The average molecular weight is 523 g/mol. The molecule has 0 radical (unpaired) electrons. The molecule has 12 nitrogen and oxygen atoms in total. The molecule has 5 N–H and O–H groups in total. The Morgan fingerprint density at radius 3 is 2.61 bits per heavy atom. The molecular weight excluding hydrogens is 488 g/mol. The molecule has 0 bridgehead atoms. The molecular formula is C23H34N6O6S. The van der Waals surface area contributed by atoms with Crippen molar-refractivity contribution in [3.63, 3.8) is 0 Å². The van der Waals surface area contributed by atoms with E-state index in [9.17, 15) is 23.1 Å². The average Bonchev–Trinajstić information content (AvgIpc) is 3.45. The molecule has 36 heavy (non-hydrogen) atoms. The van der Waals surface area contributed by atoms with Crippen LogP contribution in [-0.4, -0.2) is 75.4 Å². The van der Waals surface area contributed by atoms with Gasteiger partial charge in [0, 0.05) is 26.1 Å². The van der Waals surface area contributed by atoms with Crippen LogP contribution in [0.4, 0.5) is 0 Å². The highest BCUT2D eigenvalue weighted by molar-refractivity contribution is 7.89. The van der Waals surface area contributed by atoms with Crippen molar-refractivity contribution in [3.05, 3.63) is 28.8 Å². The topological polar surface area (TPSA) is 171 Å². The van der Waals surface area contributed by atoms with E-state index in [0.29, 0.717) is 23.3 Å². The van der Waals surface area contributed by atoms with Crippen molar-refractivity contribution < 1.29 is 28.0 Å². The predicted molar refractivity (Wildman–Crippen MR) is 134 cm³/mol. The molecule has 2 aliphatic rings. The normalized spacial score (nSPS) is 18.0. The summed E-state index contributed by atoms with van der Waals surface area (Å²) in [6.07, 6.45) is 1.95. The van der Waals surface area contributed by atoms with Crippen molar-refractivity contribution in [1.29, 1.82) is 0 Å². The second kappa shape index (κ2) is 12.2. The van der Waals surface area contributed by atoms with Gasteiger partial charge in [-0.3, -0.25) is 14.6 Å². The number of hydrogen-bond donors (Lipinski definition) is 5. The van der Waals surface area contributed by atoms with Crippen LogP contribution in [0.1, 0.15) is 42.4 Å². The number of nitrogens with zero attached hydrogens (tertiary/aromatic N) is 2. The van der Waals surface area contributed by atoms with E-state index < -0.39 is 34.5 Å². The Morgan fingerprint density at radius 1 is 1.25 bits per heavy atom. The Hall–Kier alpha value is -3.19. The molecule has 0 aliphatic carbocycles. The summed E-state index contributed by atoms with van der Waals surface area (Å²) in [5, 5.41) is 22.3. The number of hydrogen-bond acceptors (Lipinski definition) is 9. The minimum Gasteiger partial charge on any atom is -0.480 e. The van der Waals surface area contributed by atoms with Gasteiger partial charge in [-0.25, -0.2) is 8.42 Å². The fourth-order valence-electron chi connectivity index (χ4n) is 4.28. The van der Waals surface area contributed by atoms with E-state index in [2.05, 4.69) is 30.8 Å². The zero-order valence-corrected chi connectivity index (χ0v) is 21.6. The smallest absolute Gasteiger partial charge is 0.323 e. The number of aliphatic carboxylic acids is 1. The maximum absolute atomic E-state index is 12.9. The minimum absolute atomic E-state index is 0.0388. The summed E-state index contributed by atoms with van der Waals surface area (Å²) in [6, 6.07) is 1.91. The Morgan fingerprint density at radius 2 is 1.97 bits per heavy atom. The van der Waals surface area contributed by atoms with Gasteiger partial charge in [0.25, 0.3) is 0 Å². The number of nitrogens with one attached hydrogen (secondary N) is 4. The zero-order valence-electron chi connectivity index (χ0n) is 20.8. The highest BCUT2D eigenvalue weighted by atomic mass is 32.2. The van der Waals surface area contributed by atoms with Gasteiger partial charge in [-0.15, -0.1) is 0 Å². The lowest BCUT2D eigenvalue weighted by atomic mass is 10.1. The standard InChI is InChI=1S/C23H34N6O6S/c1-14-9-15(2)21(16(3)10-14)36(33,34)29-19(22(31)32)13-27-20(30)12-17-11-18(35-28-17)5-4-6-24-23-25-7-8-26-23/h9-10,18-19,29H,4-8,11-13H2,1-3H3,(H,27,30)(H,31,32)(H2,24,25,26). The largest absolute Gasteiger partial charge is 0.480 e. The molecule has 0 saturated heterocycles. The molecule has 0 saturated carbocycles. The number of sulfonamides is 1. The highest BCUT2D eigenvalue weighted by Crippen LogP contribution is 2.22. The van der Waals surface area contributed by atoms with Crippen molar-refractivity contribution in [2.45, 2.75) is 63.5 Å². The summed E-state index contributed by atoms with van der Waals surface area (Å²) in [4.78, 5) is 33.8. The Kier molecular flexibility index (Phi) is 9.26. The van der Waals surface area contributed by atoms with E-state index in [1.165, 1.54) is 0 Å². The Labute approximate surface area is 211 Å². The molecule has 1 amide bonds. The van der Waals surface area contributed by atoms with E-state index in [1.807, 2.05) is 6.92 Å². The number of oxime groups is 1. The van der Waals surface area contributed by atoms with Gasteiger partial charge in [0.15, 0.2) is 5.96 Å². The van der Waals surface area contributed by atoms with Crippen LogP contribution in [-0.2, 0) is 24.4 Å². The lowest BCUT2D eigenvalue weighted by Gasteiger charge is -2.18. The maximum Gasteiger partial charge on any atom is 0.323 e. The van der Waals surface area contributed by atoms with Crippen LogP contribution in [0.5, 0.6) is 0 Å². The quantitative estimate of drug-likeness (QED) is 0.244. The number of carbonyl (C=O) groups is 2. The third kappa shape index (κ3) is 7.65. The van der Waals surface area contributed by atoms with Crippen LogP contribution >= 0.6 is 0 Å². The summed E-state index contributed by atoms with van der Waals surface area (Å²) < 4.78 is 28.0. The summed E-state index contributed by atoms with van der Waals surface area (Å²) in [6.45, 7) is 7.12. The van der Waals surface area contributed by atoms with Gasteiger partial charge in [0.1, 0.15) is 12.1 Å². The summed E-state index contributed by atoms with van der Waals surface area (Å²) in [5.41, 5.74) is 2.49. The van der Waals surface area contributed by atoms with E-state index >= 15 is 0 Å². The molecule has 2 heterocycles. The van der Waals surface area contributed by atoms with Crippen LogP contribution < -0.4 is 20.7 Å². The first-order valence-corrected chi connectivity index (χ1v) is 13.4. The number of rotatable bonds is 12. The third-order valence-electron chi connectivity index (χ3n) is 5.80. The first-order chi connectivity index (χ1) is 17.0. The van der Waals surface area contributed by atoms with Crippen molar-refractivity contribution in [1.82, 2.24) is 20.7 Å². The highest BCUT2D eigenvalue weighted by Gasteiger charge is 2.29. The summed E-state index contributed by atoms with van der Waals surface area (Å²) in [5.74, 6) is -1.05. The minimum atomic E-state index is -4.12. The second-order valence-corrected chi connectivity index (χ2v) is 10.7. The van der Waals surface area contributed by atoms with Gasteiger partial charge in [-0.05, 0) is 44.7 Å². The van der Waals surface area contributed by atoms with Crippen LogP contribution in [0.3, 0.4) is 0 Å². The number of guanidine groups is 1. The number of carbonyl (C=O) groups excluding carboxylic acids is 1. The van der Waals surface area contributed by atoms with Crippen molar-refractivity contribution >= 4 is 33.6 Å². The zero-order chi connectivity index (χ0) is 26.3. The first kappa shape index (κ1) is 27.4.